The Hall–Kier alpha value is -2.01. The first kappa shape index (κ1) is 15.0. The van der Waals surface area contributed by atoms with Gasteiger partial charge in [-0.2, -0.15) is 0 Å². The maximum atomic E-state index is 11.8. The molecule has 0 bridgehead atoms. The third kappa shape index (κ3) is 3.72. The summed E-state index contributed by atoms with van der Waals surface area (Å²) in [6.45, 7) is 2.82. The number of benzene rings is 1. The summed E-state index contributed by atoms with van der Waals surface area (Å²) >= 11 is 5.92. The molecule has 0 saturated heterocycles. The summed E-state index contributed by atoms with van der Waals surface area (Å²) in [5.74, 6) is -1.12. The molecule has 0 aliphatic heterocycles. The van der Waals surface area contributed by atoms with Gasteiger partial charge in [0.1, 0.15) is 5.75 Å². The minimum Gasteiger partial charge on any atom is -0.495 e. The smallest absolute Gasteiger partial charge is 0.331 e. The molecule has 0 unspecified atom stereocenters. The summed E-state index contributed by atoms with van der Waals surface area (Å²) in [6, 6.07) is 4.76. The molecule has 102 valence electrons. The van der Waals surface area contributed by atoms with E-state index >= 15 is 0 Å². The maximum absolute atomic E-state index is 11.8. The summed E-state index contributed by atoms with van der Waals surface area (Å²) in [6.07, 6.45) is 0. The Morgan fingerprint density at radius 2 is 1.89 bits per heavy atom. The molecule has 1 amide bonds. The number of aliphatic carboxylic acids is 1. The molecular formula is C13H14ClNO4. The molecule has 0 radical (unpaired) electrons. The first-order valence-electron chi connectivity index (χ1n) is 5.42. The molecule has 2 N–H and O–H groups in total. The Balaban J connectivity index is 2.92. The second-order valence-corrected chi connectivity index (χ2v) is 4.27. The third-order valence-electron chi connectivity index (χ3n) is 2.63. The quantitative estimate of drug-likeness (QED) is 0.833. The number of methoxy groups -OCH3 is 1. The van der Waals surface area contributed by atoms with E-state index in [0.717, 1.165) is 0 Å². The number of hydrogen-bond donors (Lipinski definition) is 2. The van der Waals surface area contributed by atoms with Crippen molar-refractivity contribution >= 4 is 29.2 Å². The zero-order valence-corrected chi connectivity index (χ0v) is 11.5. The minimum atomic E-state index is -1.12. The lowest BCUT2D eigenvalue weighted by Crippen LogP contribution is -2.16. The fourth-order valence-electron chi connectivity index (χ4n) is 1.30. The summed E-state index contributed by atoms with van der Waals surface area (Å²) in [5.41, 5.74) is 0.602. The van der Waals surface area contributed by atoms with Crippen LogP contribution in [0.5, 0.6) is 5.75 Å². The number of ether oxygens (including phenoxy) is 1. The highest BCUT2D eigenvalue weighted by Crippen LogP contribution is 2.27. The molecule has 0 aliphatic carbocycles. The number of amides is 1. The fraction of sp³-hybridized carbons (Fsp3) is 0.231. The van der Waals surface area contributed by atoms with Crippen LogP contribution in [-0.2, 0) is 9.59 Å². The Morgan fingerprint density at radius 3 is 2.37 bits per heavy atom. The second-order valence-electron chi connectivity index (χ2n) is 3.86. The van der Waals surface area contributed by atoms with Crippen LogP contribution in [0.1, 0.15) is 13.8 Å². The van der Waals surface area contributed by atoms with Gasteiger partial charge in [-0.1, -0.05) is 11.6 Å². The molecular weight excluding hydrogens is 270 g/mol. The summed E-state index contributed by atoms with van der Waals surface area (Å²) in [4.78, 5) is 22.6. The van der Waals surface area contributed by atoms with Gasteiger partial charge in [0.25, 0.3) is 5.91 Å². The number of nitrogens with one attached hydrogen (secondary N) is 1. The van der Waals surface area contributed by atoms with Crippen LogP contribution in [0.25, 0.3) is 0 Å². The largest absolute Gasteiger partial charge is 0.495 e. The van der Waals surface area contributed by atoms with Crippen molar-refractivity contribution in [1.29, 1.82) is 0 Å². The van der Waals surface area contributed by atoms with Crippen molar-refractivity contribution in [2.24, 2.45) is 0 Å². The maximum Gasteiger partial charge on any atom is 0.331 e. The topological polar surface area (TPSA) is 75.6 Å². The van der Waals surface area contributed by atoms with Gasteiger partial charge in [-0.3, -0.25) is 4.79 Å². The average Bonchev–Trinajstić information content (AvgIpc) is 2.37. The number of carboxylic acids is 1. The molecule has 0 saturated carbocycles. The zero-order valence-electron chi connectivity index (χ0n) is 10.8. The van der Waals surface area contributed by atoms with Crippen LogP contribution in [0.2, 0.25) is 5.02 Å². The summed E-state index contributed by atoms with van der Waals surface area (Å²) < 4.78 is 4.99. The molecule has 0 spiro atoms. The molecule has 0 heterocycles. The van der Waals surface area contributed by atoms with Crippen LogP contribution in [0.3, 0.4) is 0 Å². The Kier molecular flexibility index (Phi) is 4.94. The standard InChI is InChI=1S/C13H14ClNO4/c1-7(8(2)13(17)18)12(16)15-9-4-5-11(19-3)10(14)6-9/h4-6H,1-3H3,(H,15,16)(H,17,18). The highest BCUT2D eigenvalue weighted by Gasteiger charge is 2.13. The van der Waals surface area contributed by atoms with E-state index in [4.69, 9.17) is 21.4 Å². The lowest BCUT2D eigenvalue weighted by molar-refractivity contribution is -0.133. The number of carboxylic acid groups (broad SMARTS) is 1. The van der Waals surface area contributed by atoms with Crippen LogP contribution in [0, 0.1) is 0 Å². The number of carbonyl (C=O) groups is 2. The minimum absolute atomic E-state index is 0.00268. The van der Waals surface area contributed by atoms with E-state index in [1.807, 2.05) is 0 Å². The number of rotatable bonds is 4. The molecule has 5 nitrogen and oxygen atoms in total. The van der Waals surface area contributed by atoms with E-state index < -0.39 is 11.9 Å². The monoisotopic (exact) mass is 283 g/mol. The van der Waals surface area contributed by atoms with Crippen molar-refractivity contribution in [3.05, 3.63) is 34.4 Å². The summed E-state index contributed by atoms with van der Waals surface area (Å²) in [7, 11) is 1.49. The molecule has 0 aromatic heterocycles. The SMILES string of the molecule is COc1ccc(NC(=O)C(C)=C(C)C(=O)O)cc1Cl. The van der Waals surface area contributed by atoms with Crippen molar-refractivity contribution in [2.45, 2.75) is 13.8 Å². The molecule has 19 heavy (non-hydrogen) atoms. The fourth-order valence-corrected chi connectivity index (χ4v) is 1.56. The van der Waals surface area contributed by atoms with Gasteiger partial charge in [0.15, 0.2) is 0 Å². The Bertz CT molecular complexity index is 552. The molecule has 1 aromatic rings. The number of carbonyl (C=O) groups excluding carboxylic acids is 1. The Morgan fingerprint density at radius 1 is 1.26 bits per heavy atom. The number of hydrogen-bond acceptors (Lipinski definition) is 3. The van der Waals surface area contributed by atoms with E-state index in [0.29, 0.717) is 16.5 Å². The molecule has 0 fully saturated rings. The van der Waals surface area contributed by atoms with Gasteiger partial charge in [-0.15, -0.1) is 0 Å². The van der Waals surface area contributed by atoms with Crippen molar-refractivity contribution in [3.8, 4) is 5.75 Å². The Labute approximate surface area is 115 Å². The molecule has 0 atom stereocenters. The number of halogens is 1. The van der Waals surface area contributed by atoms with Crippen molar-refractivity contribution in [1.82, 2.24) is 0 Å². The van der Waals surface area contributed by atoms with Gasteiger partial charge >= 0.3 is 5.97 Å². The normalized spacial score (nSPS) is 11.6. The van der Waals surface area contributed by atoms with Crippen LogP contribution in [0.15, 0.2) is 29.3 Å². The zero-order chi connectivity index (χ0) is 14.6. The lowest BCUT2D eigenvalue weighted by Gasteiger charge is -2.09. The first-order chi connectivity index (χ1) is 8.86. The van der Waals surface area contributed by atoms with Crippen molar-refractivity contribution < 1.29 is 19.4 Å². The second kappa shape index (κ2) is 6.24. The van der Waals surface area contributed by atoms with Gasteiger partial charge in [0.05, 0.1) is 12.1 Å². The van der Waals surface area contributed by atoms with E-state index in [1.165, 1.54) is 27.0 Å². The van der Waals surface area contributed by atoms with Crippen LogP contribution >= 0.6 is 11.6 Å². The average molecular weight is 284 g/mol. The van der Waals surface area contributed by atoms with Crippen LogP contribution in [-0.4, -0.2) is 24.1 Å². The van der Waals surface area contributed by atoms with Crippen LogP contribution < -0.4 is 10.1 Å². The predicted molar refractivity (Wildman–Crippen MR) is 72.6 cm³/mol. The lowest BCUT2D eigenvalue weighted by atomic mass is 10.1. The summed E-state index contributed by atoms with van der Waals surface area (Å²) in [5, 5.41) is 11.7. The molecule has 1 aromatic carbocycles. The predicted octanol–water partition coefficient (Wildman–Crippen LogP) is 2.71. The number of anilines is 1. The first-order valence-corrected chi connectivity index (χ1v) is 5.80. The van der Waals surface area contributed by atoms with Gasteiger partial charge in [-0.05, 0) is 32.0 Å². The van der Waals surface area contributed by atoms with Crippen LogP contribution in [0.4, 0.5) is 5.69 Å². The van der Waals surface area contributed by atoms with Crippen molar-refractivity contribution in [3.63, 3.8) is 0 Å². The third-order valence-corrected chi connectivity index (χ3v) is 2.93. The molecule has 6 heteroatoms. The van der Waals surface area contributed by atoms with E-state index in [1.54, 1.807) is 12.1 Å². The van der Waals surface area contributed by atoms with Gasteiger partial charge < -0.3 is 15.2 Å². The van der Waals surface area contributed by atoms with Gasteiger partial charge in [0, 0.05) is 16.8 Å². The highest BCUT2D eigenvalue weighted by molar-refractivity contribution is 6.32. The van der Waals surface area contributed by atoms with Crippen molar-refractivity contribution in [2.75, 3.05) is 12.4 Å². The molecule has 1 rings (SSSR count). The molecule has 0 aliphatic rings. The van der Waals surface area contributed by atoms with E-state index in [9.17, 15) is 9.59 Å². The van der Waals surface area contributed by atoms with E-state index in [2.05, 4.69) is 5.32 Å². The van der Waals surface area contributed by atoms with Gasteiger partial charge in [0.2, 0.25) is 0 Å². The highest BCUT2D eigenvalue weighted by atomic mass is 35.5. The van der Waals surface area contributed by atoms with E-state index in [-0.39, 0.29) is 11.1 Å². The van der Waals surface area contributed by atoms with Gasteiger partial charge in [-0.25, -0.2) is 4.79 Å².